The highest BCUT2D eigenvalue weighted by Crippen LogP contribution is 2.13. The molecule has 0 aliphatic carbocycles. The van der Waals surface area contributed by atoms with E-state index in [0.717, 1.165) is 0 Å². The standard InChI is InChI=1S/C9H10ClN3O/c1-9(2,3)13-8(14)6(4-11)7(10)5-12-13/h5H,1-3H3. The molecule has 4 nitrogen and oxygen atoms in total. The van der Waals surface area contributed by atoms with E-state index in [2.05, 4.69) is 5.10 Å². The lowest BCUT2D eigenvalue weighted by molar-refractivity contribution is 0.337. The van der Waals surface area contributed by atoms with Gasteiger partial charge in [0.25, 0.3) is 5.56 Å². The van der Waals surface area contributed by atoms with Crippen molar-refractivity contribution in [2.75, 3.05) is 0 Å². The zero-order valence-electron chi connectivity index (χ0n) is 8.21. The van der Waals surface area contributed by atoms with Gasteiger partial charge in [0.05, 0.1) is 16.8 Å². The highest BCUT2D eigenvalue weighted by molar-refractivity contribution is 6.31. The summed E-state index contributed by atoms with van der Waals surface area (Å²) in [6, 6.07) is 1.77. The van der Waals surface area contributed by atoms with Crippen LogP contribution in [0.1, 0.15) is 26.3 Å². The van der Waals surface area contributed by atoms with Crippen molar-refractivity contribution >= 4 is 11.6 Å². The van der Waals surface area contributed by atoms with Crippen LogP contribution in [0.25, 0.3) is 0 Å². The third kappa shape index (κ3) is 1.78. The van der Waals surface area contributed by atoms with Crippen molar-refractivity contribution in [1.82, 2.24) is 9.78 Å². The number of rotatable bonds is 0. The van der Waals surface area contributed by atoms with Crippen molar-refractivity contribution in [1.29, 1.82) is 5.26 Å². The Bertz CT molecular complexity index is 451. The lowest BCUT2D eigenvalue weighted by Crippen LogP contribution is -2.37. The van der Waals surface area contributed by atoms with Gasteiger partial charge in [-0.3, -0.25) is 4.79 Å². The van der Waals surface area contributed by atoms with Crippen LogP contribution < -0.4 is 5.56 Å². The van der Waals surface area contributed by atoms with E-state index in [9.17, 15) is 4.79 Å². The third-order valence-corrected chi connectivity index (χ3v) is 1.97. The van der Waals surface area contributed by atoms with Crippen LogP contribution in [0.4, 0.5) is 0 Å². The van der Waals surface area contributed by atoms with Crippen LogP contribution in [0.15, 0.2) is 11.0 Å². The first kappa shape index (κ1) is 10.7. The summed E-state index contributed by atoms with van der Waals surface area (Å²) in [6.45, 7) is 5.49. The third-order valence-electron chi connectivity index (χ3n) is 1.68. The van der Waals surface area contributed by atoms with Crippen molar-refractivity contribution in [3.8, 4) is 6.07 Å². The number of aromatic nitrogens is 2. The van der Waals surface area contributed by atoms with Crippen LogP contribution >= 0.6 is 11.6 Å². The molecule has 14 heavy (non-hydrogen) atoms. The van der Waals surface area contributed by atoms with Crippen LogP contribution in [0.5, 0.6) is 0 Å². The van der Waals surface area contributed by atoms with Gasteiger partial charge in [-0.05, 0) is 20.8 Å². The Labute approximate surface area is 86.7 Å². The van der Waals surface area contributed by atoms with Crippen LogP contribution in [0.2, 0.25) is 5.02 Å². The van der Waals surface area contributed by atoms with E-state index in [1.165, 1.54) is 10.9 Å². The summed E-state index contributed by atoms with van der Waals surface area (Å²) in [5.74, 6) is 0. The van der Waals surface area contributed by atoms with E-state index in [0.29, 0.717) is 0 Å². The monoisotopic (exact) mass is 211 g/mol. The second-order valence-electron chi connectivity index (χ2n) is 3.87. The van der Waals surface area contributed by atoms with Gasteiger partial charge in [0.2, 0.25) is 0 Å². The second kappa shape index (κ2) is 3.43. The number of nitrogens with zero attached hydrogens (tertiary/aromatic N) is 3. The Morgan fingerprint density at radius 2 is 2.14 bits per heavy atom. The smallest absolute Gasteiger partial charge is 0.266 e. The molecule has 0 bridgehead atoms. The summed E-state index contributed by atoms with van der Waals surface area (Å²) in [5.41, 5.74) is -0.961. The molecule has 1 rings (SSSR count). The van der Waals surface area contributed by atoms with Gasteiger partial charge >= 0.3 is 0 Å². The van der Waals surface area contributed by atoms with Gasteiger partial charge < -0.3 is 0 Å². The zero-order valence-corrected chi connectivity index (χ0v) is 8.96. The predicted octanol–water partition coefficient (Wildman–Crippen LogP) is 1.52. The number of hydrogen-bond donors (Lipinski definition) is 0. The first-order valence-electron chi connectivity index (χ1n) is 4.06. The van der Waals surface area contributed by atoms with E-state index in [-0.39, 0.29) is 10.6 Å². The molecular formula is C9H10ClN3O. The normalized spacial score (nSPS) is 11.1. The zero-order chi connectivity index (χ0) is 10.9. The molecule has 74 valence electrons. The molecule has 0 saturated carbocycles. The quantitative estimate of drug-likeness (QED) is 0.654. The van der Waals surface area contributed by atoms with Crippen molar-refractivity contribution in [2.24, 2.45) is 0 Å². The molecular weight excluding hydrogens is 202 g/mol. The van der Waals surface area contributed by atoms with E-state index in [1.807, 2.05) is 20.8 Å². The Kier molecular flexibility index (Phi) is 2.63. The Hall–Kier alpha value is -1.34. The SMILES string of the molecule is CC(C)(C)n1ncc(Cl)c(C#N)c1=O. The Morgan fingerprint density at radius 3 is 2.57 bits per heavy atom. The van der Waals surface area contributed by atoms with Crippen molar-refractivity contribution < 1.29 is 0 Å². The fourth-order valence-electron chi connectivity index (χ4n) is 1.01. The summed E-state index contributed by atoms with van der Waals surface area (Å²) in [6.07, 6.45) is 1.31. The summed E-state index contributed by atoms with van der Waals surface area (Å²) < 4.78 is 1.25. The number of halogens is 1. The molecule has 0 fully saturated rings. The first-order valence-corrected chi connectivity index (χ1v) is 4.44. The molecule has 1 aromatic heterocycles. The summed E-state index contributed by atoms with van der Waals surface area (Å²) in [7, 11) is 0. The van der Waals surface area contributed by atoms with E-state index >= 15 is 0 Å². The average Bonchev–Trinajstić information content (AvgIpc) is 2.02. The van der Waals surface area contributed by atoms with Gasteiger partial charge in [0.15, 0.2) is 0 Å². The van der Waals surface area contributed by atoms with E-state index in [1.54, 1.807) is 6.07 Å². The minimum absolute atomic E-state index is 0.0587. The van der Waals surface area contributed by atoms with Crippen LogP contribution in [-0.2, 0) is 5.54 Å². The van der Waals surface area contributed by atoms with Gasteiger partial charge in [-0.15, -0.1) is 0 Å². The highest BCUT2D eigenvalue weighted by Gasteiger charge is 2.19. The second-order valence-corrected chi connectivity index (χ2v) is 4.27. The van der Waals surface area contributed by atoms with Crippen LogP contribution in [-0.4, -0.2) is 9.78 Å². The first-order chi connectivity index (χ1) is 6.38. The highest BCUT2D eigenvalue weighted by atomic mass is 35.5. The minimum atomic E-state index is -0.451. The largest absolute Gasteiger partial charge is 0.286 e. The van der Waals surface area contributed by atoms with Crippen molar-refractivity contribution in [3.05, 3.63) is 27.1 Å². The molecule has 0 unspecified atom stereocenters. The molecule has 0 N–H and O–H groups in total. The lowest BCUT2D eigenvalue weighted by atomic mass is 10.1. The minimum Gasteiger partial charge on any atom is -0.266 e. The molecule has 0 aliphatic rings. The van der Waals surface area contributed by atoms with E-state index in [4.69, 9.17) is 16.9 Å². The van der Waals surface area contributed by atoms with Gasteiger partial charge in [0.1, 0.15) is 11.6 Å². The average molecular weight is 212 g/mol. The molecule has 1 heterocycles. The summed E-state index contributed by atoms with van der Waals surface area (Å²) in [5, 5.41) is 12.7. The van der Waals surface area contributed by atoms with Crippen molar-refractivity contribution in [2.45, 2.75) is 26.3 Å². The predicted molar refractivity (Wildman–Crippen MR) is 53.2 cm³/mol. The molecule has 1 aromatic rings. The number of hydrogen-bond acceptors (Lipinski definition) is 3. The van der Waals surface area contributed by atoms with Crippen LogP contribution in [0.3, 0.4) is 0 Å². The number of nitriles is 1. The van der Waals surface area contributed by atoms with E-state index < -0.39 is 11.1 Å². The maximum Gasteiger partial charge on any atom is 0.286 e. The van der Waals surface area contributed by atoms with Gasteiger partial charge in [-0.1, -0.05) is 11.6 Å². The Balaban J connectivity index is 3.55. The maximum atomic E-state index is 11.7. The topological polar surface area (TPSA) is 58.7 Å². The molecule has 0 saturated heterocycles. The molecule has 0 amide bonds. The fourth-order valence-corrected chi connectivity index (χ4v) is 1.18. The maximum absolute atomic E-state index is 11.7. The van der Waals surface area contributed by atoms with Gasteiger partial charge in [0, 0.05) is 0 Å². The molecule has 0 aromatic carbocycles. The molecule has 5 heteroatoms. The molecule has 0 aliphatic heterocycles. The van der Waals surface area contributed by atoms with Gasteiger partial charge in [-0.2, -0.15) is 10.4 Å². The van der Waals surface area contributed by atoms with Gasteiger partial charge in [-0.25, -0.2) is 4.68 Å². The van der Waals surface area contributed by atoms with Crippen LogP contribution in [0, 0.1) is 11.3 Å². The Morgan fingerprint density at radius 1 is 1.57 bits per heavy atom. The molecule has 0 radical (unpaired) electrons. The van der Waals surface area contributed by atoms with Crippen molar-refractivity contribution in [3.63, 3.8) is 0 Å². The fraction of sp³-hybridized carbons (Fsp3) is 0.444. The molecule has 0 spiro atoms. The summed E-state index contributed by atoms with van der Waals surface area (Å²) >= 11 is 5.65. The molecule has 0 atom stereocenters. The summed E-state index contributed by atoms with van der Waals surface area (Å²) in [4.78, 5) is 11.7. The lowest BCUT2D eigenvalue weighted by Gasteiger charge is -2.20.